The summed E-state index contributed by atoms with van der Waals surface area (Å²) in [4.78, 5) is 12.2. The third-order valence-electron chi connectivity index (χ3n) is 2.44. The number of rotatable bonds is 4. The Morgan fingerprint density at radius 3 is 2.82 bits per heavy atom. The van der Waals surface area contributed by atoms with Crippen LogP contribution in [0, 0.1) is 0 Å². The number of carbonyl (C=O) groups excluding carboxylic acids is 1. The van der Waals surface area contributed by atoms with E-state index in [4.69, 9.17) is 11.6 Å². The summed E-state index contributed by atoms with van der Waals surface area (Å²) in [6.45, 7) is 2.03. The second-order valence-corrected chi connectivity index (χ2v) is 4.09. The van der Waals surface area contributed by atoms with Crippen LogP contribution in [0.4, 0.5) is 0 Å². The second-order valence-electron chi connectivity index (χ2n) is 3.68. The fourth-order valence-electron chi connectivity index (χ4n) is 1.62. The van der Waals surface area contributed by atoms with Crippen molar-refractivity contribution in [3.8, 4) is 0 Å². The van der Waals surface area contributed by atoms with Crippen LogP contribution in [-0.4, -0.2) is 21.2 Å². The lowest BCUT2D eigenvalue weighted by Gasteiger charge is -2.01. The van der Waals surface area contributed by atoms with Crippen LogP contribution < -0.4 is 0 Å². The maximum absolute atomic E-state index is 12.2. The molecule has 0 aliphatic heterocycles. The topological polar surface area (TPSA) is 58.6 Å². The van der Waals surface area contributed by atoms with E-state index in [2.05, 4.69) is 15.4 Å². The summed E-state index contributed by atoms with van der Waals surface area (Å²) in [6, 6.07) is 6.94. The van der Waals surface area contributed by atoms with Crippen LogP contribution in [0.5, 0.6) is 0 Å². The molecule has 0 amide bonds. The summed E-state index contributed by atoms with van der Waals surface area (Å²) in [5.74, 6) is -0.187. The Kier molecular flexibility index (Phi) is 3.54. The molecular formula is C12H12ClN3O. The van der Waals surface area contributed by atoms with Crippen molar-refractivity contribution in [2.75, 3.05) is 0 Å². The number of aromatic nitrogens is 3. The van der Waals surface area contributed by atoms with Crippen molar-refractivity contribution in [3.63, 3.8) is 0 Å². The molecule has 4 nitrogen and oxygen atoms in total. The van der Waals surface area contributed by atoms with E-state index in [9.17, 15) is 4.79 Å². The van der Waals surface area contributed by atoms with Gasteiger partial charge in [0.05, 0.1) is 10.7 Å². The smallest absolute Gasteiger partial charge is 0.216 e. The molecule has 0 aliphatic rings. The van der Waals surface area contributed by atoms with Crippen LogP contribution in [0.2, 0.25) is 5.02 Å². The molecule has 1 N–H and O–H groups in total. The minimum Gasteiger partial charge on any atom is -0.287 e. The minimum absolute atomic E-state index is 0.187. The number of H-pyrrole nitrogens is 1. The lowest BCUT2D eigenvalue weighted by Crippen LogP contribution is -2.06. The Morgan fingerprint density at radius 1 is 1.35 bits per heavy atom. The van der Waals surface area contributed by atoms with E-state index in [-0.39, 0.29) is 5.78 Å². The fourth-order valence-corrected chi connectivity index (χ4v) is 1.84. The number of aromatic amines is 1. The summed E-state index contributed by atoms with van der Waals surface area (Å²) in [5.41, 5.74) is 1.51. The Hall–Kier alpha value is -1.68. The largest absolute Gasteiger partial charge is 0.287 e. The molecule has 0 saturated carbocycles. The fraction of sp³-hybridized carbons (Fsp3) is 0.250. The first kappa shape index (κ1) is 11.8. The normalized spacial score (nSPS) is 10.5. The molecule has 0 atom stereocenters. The molecule has 0 unspecified atom stereocenters. The molecule has 1 heterocycles. The molecule has 17 heavy (non-hydrogen) atoms. The molecule has 0 radical (unpaired) electrons. The van der Waals surface area contributed by atoms with Gasteiger partial charge in [0.1, 0.15) is 0 Å². The maximum Gasteiger partial charge on any atom is 0.216 e. The van der Waals surface area contributed by atoms with Crippen LogP contribution in [0.1, 0.15) is 35.1 Å². The van der Waals surface area contributed by atoms with Gasteiger partial charge in [-0.2, -0.15) is 15.4 Å². The van der Waals surface area contributed by atoms with E-state index in [0.717, 1.165) is 12.8 Å². The molecule has 2 rings (SSSR count). The zero-order valence-corrected chi connectivity index (χ0v) is 10.2. The minimum atomic E-state index is -0.187. The van der Waals surface area contributed by atoms with Crippen molar-refractivity contribution >= 4 is 17.4 Å². The Balaban J connectivity index is 2.37. The SMILES string of the molecule is CCCc1n[nH]nc1C(=O)c1ccccc1Cl. The zero-order chi connectivity index (χ0) is 12.3. The van der Waals surface area contributed by atoms with Gasteiger partial charge in [0.2, 0.25) is 5.78 Å². The van der Waals surface area contributed by atoms with Crippen LogP contribution >= 0.6 is 11.6 Å². The summed E-state index contributed by atoms with van der Waals surface area (Å²) in [7, 11) is 0. The van der Waals surface area contributed by atoms with Crippen LogP contribution in [0.25, 0.3) is 0 Å². The molecule has 0 saturated heterocycles. The maximum atomic E-state index is 12.2. The number of benzene rings is 1. The lowest BCUT2D eigenvalue weighted by molar-refractivity contribution is 0.103. The zero-order valence-electron chi connectivity index (χ0n) is 9.40. The Labute approximate surface area is 104 Å². The standard InChI is InChI=1S/C12H12ClN3O/c1-2-5-10-11(15-16-14-10)12(17)8-6-3-4-7-9(8)13/h3-4,6-7H,2,5H2,1H3,(H,14,15,16). The highest BCUT2D eigenvalue weighted by atomic mass is 35.5. The van der Waals surface area contributed by atoms with Crippen molar-refractivity contribution in [1.82, 2.24) is 15.4 Å². The third-order valence-corrected chi connectivity index (χ3v) is 2.77. The number of hydrogen-bond donors (Lipinski definition) is 1. The highest BCUT2D eigenvalue weighted by molar-refractivity contribution is 6.34. The summed E-state index contributed by atoms with van der Waals surface area (Å²) < 4.78 is 0. The summed E-state index contributed by atoms with van der Waals surface area (Å²) in [5, 5.41) is 10.8. The number of hydrogen-bond acceptors (Lipinski definition) is 3. The van der Waals surface area contributed by atoms with Gasteiger partial charge >= 0.3 is 0 Å². The molecule has 88 valence electrons. The van der Waals surface area contributed by atoms with E-state index >= 15 is 0 Å². The first-order chi connectivity index (χ1) is 8.24. The van der Waals surface area contributed by atoms with E-state index in [1.165, 1.54) is 0 Å². The molecule has 0 aliphatic carbocycles. The van der Waals surface area contributed by atoms with Gasteiger partial charge < -0.3 is 0 Å². The number of ketones is 1. The van der Waals surface area contributed by atoms with Gasteiger partial charge in [0.15, 0.2) is 5.69 Å². The van der Waals surface area contributed by atoms with Crippen molar-refractivity contribution in [3.05, 3.63) is 46.2 Å². The first-order valence-electron chi connectivity index (χ1n) is 5.43. The number of carbonyl (C=O) groups is 1. The quantitative estimate of drug-likeness (QED) is 0.848. The highest BCUT2D eigenvalue weighted by Crippen LogP contribution is 2.19. The van der Waals surface area contributed by atoms with Gasteiger partial charge in [0.25, 0.3) is 0 Å². The van der Waals surface area contributed by atoms with Gasteiger partial charge in [-0.25, -0.2) is 0 Å². The van der Waals surface area contributed by atoms with E-state index < -0.39 is 0 Å². The molecule has 1 aromatic heterocycles. The van der Waals surface area contributed by atoms with Crippen LogP contribution in [0.15, 0.2) is 24.3 Å². The van der Waals surface area contributed by atoms with Gasteiger partial charge in [-0.05, 0) is 18.6 Å². The Bertz CT molecular complexity index is 536. The molecular weight excluding hydrogens is 238 g/mol. The third kappa shape index (κ3) is 2.36. The van der Waals surface area contributed by atoms with Crippen molar-refractivity contribution in [2.24, 2.45) is 0 Å². The number of nitrogens with one attached hydrogen (secondary N) is 1. The predicted octanol–water partition coefficient (Wildman–Crippen LogP) is 2.64. The van der Waals surface area contributed by atoms with Crippen LogP contribution in [-0.2, 0) is 6.42 Å². The van der Waals surface area contributed by atoms with Gasteiger partial charge in [0, 0.05) is 5.56 Å². The van der Waals surface area contributed by atoms with Gasteiger partial charge in [-0.3, -0.25) is 4.79 Å². The average molecular weight is 250 g/mol. The van der Waals surface area contributed by atoms with Gasteiger partial charge in [-0.1, -0.05) is 37.1 Å². The average Bonchev–Trinajstić information content (AvgIpc) is 2.78. The van der Waals surface area contributed by atoms with E-state index in [1.807, 2.05) is 6.92 Å². The molecule has 1 aromatic carbocycles. The van der Waals surface area contributed by atoms with Crippen molar-refractivity contribution in [1.29, 1.82) is 0 Å². The Morgan fingerprint density at radius 2 is 2.12 bits per heavy atom. The van der Waals surface area contributed by atoms with Crippen LogP contribution in [0.3, 0.4) is 0 Å². The molecule has 0 fully saturated rings. The van der Waals surface area contributed by atoms with E-state index in [1.54, 1.807) is 24.3 Å². The van der Waals surface area contributed by atoms with Crippen molar-refractivity contribution in [2.45, 2.75) is 19.8 Å². The van der Waals surface area contributed by atoms with Gasteiger partial charge in [-0.15, -0.1) is 0 Å². The molecule has 0 bridgehead atoms. The summed E-state index contributed by atoms with van der Waals surface area (Å²) >= 11 is 5.99. The lowest BCUT2D eigenvalue weighted by atomic mass is 10.1. The number of halogens is 1. The predicted molar refractivity (Wildman–Crippen MR) is 65.3 cm³/mol. The highest BCUT2D eigenvalue weighted by Gasteiger charge is 2.19. The second kappa shape index (κ2) is 5.10. The molecule has 2 aromatic rings. The monoisotopic (exact) mass is 249 g/mol. The number of nitrogens with zero attached hydrogens (tertiary/aromatic N) is 2. The molecule has 0 spiro atoms. The number of aryl methyl sites for hydroxylation is 1. The summed E-state index contributed by atoms with van der Waals surface area (Å²) in [6.07, 6.45) is 1.64. The first-order valence-corrected chi connectivity index (χ1v) is 5.80. The molecule has 5 heteroatoms. The van der Waals surface area contributed by atoms with E-state index in [0.29, 0.717) is 22.0 Å². The van der Waals surface area contributed by atoms with Crippen molar-refractivity contribution < 1.29 is 4.79 Å².